The minimum atomic E-state index is -3.49. The molecule has 0 bridgehead atoms. The van der Waals surface area contributed by atoms with Crippen molar-refractivity contribution in [1.82, 2.24) is 0 Å². The number of hydrogen-bond acceptors (Lipinski definition) is 4. The summed E-state index contributed by atoms with van der Waals surface area (Å²) in [6.07, 6.45) is 0. The lowest BCUT2D eigenvalue weighted by atomic mass is 10.2. The number of halogens is 1. The number of nitro groups is 1. The Morgan fingerprint density at radius 1 is 1.50 bits per heavy atom. The molecule has 0 aliphatic rings. The number of nitrogens with zero attached hydrogens (tertiary/aromatic N) is 1. The molecule has 1 aromatic carbocycles. The summed E-state index contributed by atoms with van der Waals surface area (Å²) in [5.41, 5.74) is 0.389. The van der Waals surface area contributed by atoms with Crippen LogP contribution in [-0.4, -0.2) is 18.0 Å². The van der Waals surface area contributed by atoms with Crippen LogP contribution in [0.5, 0.6) is 0 Å². The summed E-state index contributed by atoms with van der Waals surface area (Å²) in [5, 5.41) is 10.6. The Morgan fingerprint density at radius 3 is 2.62 bits per heavy atom. The molecule has 0 saturated heterocycles. The smallest absolute Gasteiger partial charge is 0.274 e. The van der Waals surface area contributed by atoms with E-state index in [9.17, 15) is 18.5 Å². The maximum absolute atomic E-state index is 11.3. The van der Waals surface area contributed by atoms with Crippen LogP contribution in [0.1, 0.15) is 5.56 Å². The molecule has 8 heteroatoms. The molecule has 6 nitrogen and oxygen atoms in total. The molecule has 0 radical (unpaired) electrons. The number of hydrogen-bond donors (Lipinski definition) is 1. The maximum atomic E-state index is 11.3. The molecule has 0 aromatic heterocycles. The van der Waals surface area contributed by atoms with Gasteiger partial charge in [0.2, 0.25) is 10.0 Å². The number of nitro benzene ring substituents is 1. The van der Waals surface area contributed by atoms with Crippen LogP contribution in [0, 0.1) is 17.0 Å². The average molecular weight is 309 g/mol. The molecular formula is C8H9BrN2O4S. The zero-order valence-electron chi connectivity index (χ0n) is 8.31. The van der Waals surface area contributed by atoms with Gasteiger partial charge in [-0.15, -0.1) is 0 Å². The molecule has 1 rings (SSSR count). The van der Waals surface area contributed by atoms with Crippen molar-refractivity contribution in [3.8, 4) is 0 Å². The Morgan fingerprint density at radius 2 is 2.12 bits per heavy atom. The molecule has 0 fully saturated rings. The van der Waals surface area contributed by atoms with Gasteiger partial charge in [-0.1, -0.05) is 22.0 Å². The van der Waals surface area contributed by atoms with E-state index < -0.39 is 14.9 Å². The SMILES string of the molecule is Cc1c(NS(=O)(=O)CBr)cccc1[N+](=O)[O-]. The molecule has 0 amide bonds. The average Bonchev–Trinajstić information content (AvgIpc) is 2.20. The van der Waals surface area contributed by atoms with E-state index in [-0.39, 0.29) is 21.6 Å². The van der Waals surface area contributed by atoms with Gasteiger partial charge in [0, 0.05) is 6.07 Å². The molecule has 0 unspecified atom stereocenters. The first-order chi connectivity index (χ1) is 7.37. The summed E-state index contributed by atoms with van der Waals surface area (Å²) in [5.74, 6) is 0. The summed E-state index contributed by atoms with van der Waals surface area (Å²) in [6.45, 7) is 1.49. The maximum Gasteiger partial charge on any atom is 0.274 e. The first-order valence-corrected chi connectivity index (χ1v) is 6.95. The van der Waals surface area contributed by atoms with Crippen LogP contribution in [0.2, 0.25) is 0 Å². The van der Waals surface area contributed by atoms with E-state index in [1.165, 1.54) is 25.1 Å². The lowest BCUT2D eigenvalue weighted by molar-refractivity contribution is -0.385. The van der Waals surface area contributed by atoms with E-state index >= 15 is 0 Å². The second-order valence-corrected chi connectivity index (χ2v) is 6.06. The second-order valence-electron chi connectivity index (χ2n) is 3.03. The number of anilines is 1. The highest BCUT2D eigenvalue weighted by Crippen LogP contribution is 2.25. The van der Waals surface area contributed by atoms with Crippen molar-refractivity contribution in [3.63, 3.8) is 0 Å². The molecule has 88 valence electrons. The summed E-state index contributed by atoms with van der Waals surface area (Å²) in [7, 11) is -3.49. The summed E-state index contributed by atoms with van der Waals surface area (Å²) in [4.78, 5) is 10.1. The zero-order valence-corrected chi connectivity index (χ0v) is 10.7. The zero-order chi connectivity index (χ0) is 12.3. The van der Waals surface area contributed by atoms with Crippen LogP contribution >= 0.6 is 15.9 Å². The van der Waals surface area contributed by atoms with Crippen molar-refractivity contribution in [2.75, 3.05) is 9.38 Å². The van der Waals surface area contributed by atoms with Crippen molar-refractivity contribution >= 4 is 37.3 Å². The minimum absolute atomic E-state index is 0.116. The van der Waals surface area contributed by atoms with Crippen molar-refractivity contribution in [2.45, 2.75) is 6.92 Å². The van der Waals surface area contributed by atoms with Crippen LogP contribution in [-0.2, 0) is 10.0 Å². The van der Waals surface area contributed by atoms with E-state index in [4.69, 9.17) is 0 Å². The first kappa shape index (κ1) is 12.9. The molecular weight excluding hydrogens is 300 g/mol. The number of rotatable bonds is 4. The van der Waals surface area contributed by atoms with Gasteiger partial charge in [0.25, 0.3) is 5.69 Å². The third kappa shape index (κ3) is 2.92. The molecule has 0 spiro atoms. The van der Waals surface area contributed by atoms with Crippen LogP contribution in [0.3, 0.4) is 0 Å². The van der Waals surface area contributed by atoms with Gasteiger partial charge in [0.1, 0.15) is 4.66 Å². The standard InChI is InChI=1S/C8H9BrN2O4S/c1-6-7(10-16(14,15)5-9)3-2-4-8(6)11(12)13/h2-4,10H,5H2,1H3. The lowest BCUT2D eigenvalue weighted by Gasteiger charge is -2.08. The molecule has 1 N–H and O–H groups in total. The predicted molar refractivity (Wildman–Crippen MR) is 64.2 cm³/mol. The van der Waals surface area contributed by atoms with Gasteiger partial charge in [-0.05, 0) is 13.0 Å². The van der Waals surface area contributed by atoms with E-state index in [1.807, 2.05) is 0 Å². The van der Waals surface area contributed by atoms with Crippen LogP contribution < -0.4 is 4.72 Å². The summed E-state index contributed by atoms with van der Waals surface area (Å²) >= 11 is 2.82. The Hall–Kier alpha value is -1.15. The predicted octanol–water partition coefficient (Wildman–Crippen LogP) is 2.00. The third-order valence-corrected chi connectivity index (χ3v) is 4.54. The first-order valence-electron chi connectivity index (χ1n) is 4.18. The summed E-state index contributed by atoms with van der Waals surface area (Å²) < 4.78 is 24.5. The Bertz CT molecular complexity index is 515. The Labute approximate surface area is 101 Å². The number of alkyl halides is 1. The fourth-order valence-corrected chi connectivity index (χ4v) is 2.08. The van der Waals surface area contributed by atoms with E-state index in [2.05, 4.69) is 20.7 Å². The molecule has 0 heterocycles. The van der Waals surface area contributed by atoms with Crippen molar-refractivity contribution in [2.24, 2.45) is 0 Å². The Balaban J connectivity index is 3.17. The molecule has 0 atom stereocenters. The van der Waals surface area contributed by atoms with Gasteiger partial charge < -0.3 is 0 Å². The monoisotopic (exact) mass is 308 g/mol. The van der Waals surface area contributed by atoms with Gasteiger partial charge in [-0.2, -0.15) is 0 Å². The van der Waals surface area contributed by atoms with Gasteiger partial charge in [0.15, 0.2) is 0 Å². The fourth-order valence-electron chi connectivity index (χ4n) is 1.13. The number of sulfonamides is 1. The molecule has 16 heavy (non-hydrogen) atoms. The van der Waals surface area contributed by atoms with Gasteiger partial charge in [-0.3, -0.25) is 14.8 Å². The Kier molecular flexibility index (Phi) is 3.87. The van der Waals surface area contributed by atoms with E-state index in [0.29, 0.717) is 0 Å². The quantitative estimate of drug-likeness (QED) is 0.523. The van der Waals surface area contributed by atoms with E-state index in [0.717, 1.165) is 0 Å². The molecule has 1 aromatic rings. The van der Waals surface area contributed by atoms with Crippen LogP contribution in [0.4, 0.5) is 11.4 Å². The molecule has 0 saturated carbocycles. The third-order valence-electron chi connectivity index (χ3n) is 1.91. The topological polar surface area (TPSA) is 89.3 Å². The van der Waals surface area contributed by atoms with Gasteiger partial charge in [-0.25, -0.2) is 8.42 Å². The fraction of sp³-hybridized carbons (Fsp3) is 0.250. The highest BCUT2D eigenvalue weighted by atomic mass is 79.9. The van der Waals surface area contributed by atoms with Crippen molar-refractivity contribution in [3.05, 3.63) is 33.9 Å². The lowest BCUT2D eigenvalue weighted by Crippen LogP contribution is -2.14. The van der Waals surface area contributed by atoms with Crippen molar-refractivity contribution in [1.29, 1.82) is 0 Å². The van der Waals surface area contributed by atoms with Gasteiger partial charge in [0.05, 0.1) is 16.2 Å². The summed E-state index contributed by atoms with van der Waals surface area (Å²) in [6, 6.07) is 4.22. The van der Waals surface area contributed by atoms with Crippen molar-refractivity contribution < 1.29 is 13.3 Å². The number of nitrogens with one attached hydrogen (secondary N) is 1. The normalized spacial score (nSPS) is 11.1. The highest BCUT2D eigenvalue weighted by Gasteiger charge is 2.16. The largest absolute Gasteiger partial charge is 0.282 e. The second kappa shape index (κ2) is 4.79. The van der Waals surface area contributed by atoms with Gasteiger partial charge >= 0.3 is 0 Å². The molecule has 0 aliphatic carbocycles. The van der Waals surface area contributed by atoms with E-state index in [1.54, 1.807) is 0 Å². The highest BCUT2D eigenvalue weighted by molar-refractivity contribution is 9.10. The van der Waals surface area contributed by atoms with Crippen LogP contribution in [0.25, 0.3) is 0 Å². The minimum Gasteiger partial charge on any atom is -0.282 e. The number of benzene rings is 1. The molecule has 0 aliphatic heterocycles. The van der Waals surface area contributed by atoms with Crippen LogP contribution in [0.15, 0.2) is 18.2 Å².